The number of benzene rings is 1. The summed E-state index contributed by atoms with van der Waals surface area (Å²) >= 11 is 3.59. The average molecular weight is 358 g/mol. The predicted octanol–water partition coefficient (Wildman–Crippen LogP) is 4.92. The van der Waals surface area contributed by atoms with Gasteiger partial charge in [-0.1, -0.05) is 39.5 Å². The van der Waals surface area contributed by atoms with Crippen LogP contribution in [0.2, 0.25) is 0 Å². The smallest absolute Gasteiger partial charge is 0.175 e. The van der Waals surface area contributed by atoms with Gasteiger partial charge in [-0.15, -0.1) is 0 Å². The summed E-state index contributed by atoms with van der Waals surface area (Å²) in [4.78, 5) is 0. The van der Waals surface area contributed by atoms with E-state index in [0.717, 1.165) is 42.1 Å². The Morgan fingerprint density at radius 1 is 1.10 bits per heavy atom. The highest BCUT2D eigenvalue weighted by atomic mass is 79.9. The summed E-state index contributed by atoms with van der Waals surface area (Å²) in [6, 6.07) is 4.14. The van der Waals surface area contributed by atoms with Gasteiger partial charge in [-0.25, -0.2) is 0 Å². The lowest BCUT2D eigenvalue weighted by Gasteiger charge is -2.14. The Labute approximate surface area is 137 Å². The van der Waals surface area contributed by atoms with Crippen molar-refractivity contribution in [3.8, 4) is 11.5 Å². The minimum absolute atomic E-state index is 0.741. The molecule has 0 bridgehead atoms. The summed E-state index contributed by atoms with van der Waals surface area (Å²) in [7, 11) is 1.69. The van der Waals surface area contributed by atoms with E-state index in [1.807, 2.05) is 6.07 Å². The van der Waals surface area contributed by atoms with Crippen LogP contribution in [0.5, 0.6) is 11.5 Å². The molecule has 0 saturated carbocycles. The summed E-state index contributed by atoms with van der Waals surface area (Å²) in [5.41, 5.74) is 1.19. The maximum Gasteiger partial charge on any atom is 0.175 e. The molecule has 0 aliphatic rings. The molecule has 1 rings (SSSR count). The lowest BCUT2D eigenvalue weighted by Crippen LogP contribution is -2.12. The molecule has 120 valence electrons. The molecule has 0 saturated heterocycles. The number of halogens is 1. The molecule has 0 aliphatic carbocycles. The Morgan fingerprint density at radius 2 is 1.86 bits per heavy atom. The molecule has 1 aromatic carbocycles. The number of rotatable bonds is 11. The molecule has 21 heavy (non-hydrogen) atoms. The van der Waals surface area contributed by atoms with Crippen molar-refractivity contribution in [1.82, 2.24) is 5.32 Å². The molecule has 0 aromatic heterocycles. The van der Waals surface area contributed by atoms with E-state index in [-0.39, 0.29) is 0 Å². The highest BCUT2D eigenvalue weighted by Gasteiger charge is 2.11. The molecule has 4 heteroatoms. The van der Waals surface area contributed by atoms with Crippen molar-refractivity contribution in [1.29, 1.82) is 0 Å². The van der Waals surface area contributed by atoms with E-state index < -0.39 is 0 Å². The number of ether oxygens (including phenoxy) is 2. The van der Waals surface area contributed by atoms with E-state index in [0.29, 0.717) is 0 Å². The molecular weight excluding hydrogens is 330 g/mol. The lowest BCUT2D eigenvalue weighted by molar-refractivity contribution is 0.283. The second-order valence-corrected chi connectivity index (χ2v) is 6.01. The van der Waals surface area contributed by atoms with Crippen LogP contribution in [-0.2, 0) is 6.54 Å². The monoisotopic (exact) mass is 357 g/mol. The quantitative estimate of drug-likeness (QED) is 0.570. The Hall–Kier alpha value is -0.740. The molecule has 0 amide bonds. The van der Waals surface area contributed by atoms with Gasteiger partial charge in [-0.05, 0) is 46.6 Å². The number of hydrogen-bond donors (Lipinski definition) is 1. The number of hydrogen-bond acceptors (Lipinski definition) is 3. The third-order valence-corrected chi connectivity index (χ3v) is 3.95. The van der Waals surface area contributed by atoms with Gasteiger partial charge in [0.15, 0.2) is 11.5 Å². The zero-order valence-corrected chi connectivity index (χ0v) is 15.1. The maximum atomic E-state index is 5.91. The first-order valence-electron chi connectivity index (χ1n) is 7.92. The lowest BCUT2D eigenvalue weighted by atomic mass is 10.1. The summed E-state index contributed by atoms with van der Waals surface area (Å²) < 4.78 is 12.3. The first-order valence-corrected chi connectivity index (χ1v) is 8.72. The molecule has 0 heterocycles. The molecule has 1 N–H and O–H groups in total. The van der Waals surface area contributed by atoms with Crippen LogP contribution < -0.4 is 14.8 Å². The summed E-state index contributed by atoms with van der Waals surface area (Å²) in [6.45, 7) is 6.86. The second-order valence-electron chi connectivity index (χ2n) is 5.15. The Morgan fingerprint density at radius 3 is 2.52 bits per heavy atom. The van der Waals surface area contributed by atoms with Crippen LogP contribution in [0.25, 0.3) is 0 Å². The third kappa shape index (κ3) is 6.70. The first-order chi connectivity index (χ1) is 10.2. The molecule has 0 radical (unpaired) electrons. The van der Waals surface area contributed by atoms with Gasteiger partial charge in [0.2, 0.25) is 0 Å². The van der Waals surface area contributed by atoms with Crippen molar-refractivity contribution in [2.45, 2.75) is 52.5 Å². The van der Waals surface area contributed by atoms with Crippen molar-refractivity contribution < 1.29 is 9.47 Å². The van der Waals surface area contributed by atoms with Crippen LogP contribution in [-0.4, -0.2) is 20.3 Å². The van der Waals surface area contributed by atoms with Crippen molar-refractivity contribution >= 4 is 15.9 Å². The molecule has 0 atom stereocenters. The van der Waals surface area contributed by atoms with Gasteiger partial charge in [0.25, 0.3) is 0 Å². The molecule has 0 spiro atoms. The number of nitrogens with one attached hydrogen (secondary N) is 1. The van der Waals surface area contributed by atoms with E-state index in [4.69, 9.17) is 9.47 Å². The van der Waals surface area contributed by atoms with Gasteiger partial charge < -0.3 is 14.8 Å². The molecule has 3 nitrogen and oxygen atoms in total. The van der Waals surface area contributed by atoms with Crippen LogP contribution in [0, 0.1) is 0 Å². The first kappa shape index (κ1) is 18.3. The van der Waals surface area contributed by atoms with Gasteiger partial charge >= 0.3 is 0 Å². The van der Waals surface area contributed by atoms with Crippen molar-refractivity contribution in [3.05, 3.63) is 22.2 Å². The Kier molecular flexibility index (Phi) is 9.51. The van der Waals surface area contributed by atoms with E-state index in [1.165, 1.54) is 31.2 Å². The highest BCUT2D eigenvalue weighted by molar-refractivity contribution is 9.10. The fraction of sp³-hybridized carbons (Fsp3) is 0.647. The topological polar surface area (TPSA) is 30.5 Å². The van der Waals surface area contributed by atoms with E-state index in [2.05, 4.69) is 41.2 Å². The standard InChI is InChI=1S/C17H28BrNO2/c1-4-6-7-8-9-10-21-17-15(18)11-14(13-19-5-2)12-16(17)20-3/h11-12,19H,4-10,13H2,1-3H3. The fourth-order valence-corrected chi connectivity index (χ4v) is 2.77. The Balaban J connectivity index is 2.56. The summed E-state index contributed by atoms with van der Waals surface area (Å²) in [5, 5.41) is 3.32. The summed E-state index contributed by atoms with van der Waals surface area (Å²) in [5.74, 6) is 1.61. The number of unbranched alkanes of at least 4 members (excludes halogenated alkanes) is 4. The maximum absolute atomic E-state index is 5.91. The normalized spacial score (nSPS) is 10.7. The van der Waals surface area contributed by atoms with E-state index in [1.54, 1.807) is 7.11 Å². The summed E-state index contributed by atoms with van der Waals surface area (Å²) in [6.07, 6.45) is 6.19. The SMILES string of the molecule is CCCCCCCOc1c(Br)cc(CNCC)cc1OC. The van der Waals surface area contributed by atoms with Gasteiger partial charge in [0.1, 0.15) is 0 Å². The van der Waals surface area contributed by atoms with Gasteiger partial charge in [0, 0.05) is 6.54 Å². The highest BCUT2D eigenvalue weighted by Crippen LogP contribution is 2.36. The minimum Gasteiger partial charge on any atom is -0.493 e. The van der Waals surface area contributed by atoms with E-state index in [9.17, 15) is 0 Å². The molecule has 1 aromatic rings. The van der Waals surface area contributed by atoms with E-state index >= 15 is 0 Å². The molecular formula is C17H28BrNO2. The van der Waals surface area contributed by atoms with Crippen LogP contribution in [0.3, 0.4) is 0 Å². The van der Waals surface area contributed by atoms with Gasteiger partial charge in [0.05, 0.1) is 18.2 Å². The molecule has 0 aliphatic heterocycles. The zero-order chi connectivity index (χ0) is 15.5. The van der Waals surface area contributed by atoms with Crippen LogP contribution in [0.4, 0.5) is 0 Å². The van der Waals surface area contributed by atoms with Crippen molar-refractivity contribution in [2.24, 2.45) is 0 Å². The van der Waals surface area contributed by atoms with Crippen LogP contribution in [0.1, 0.15) is 51.5 Å². The fourth-order valence-electron chi connectivity index (χ4n) is 2.16. The molecule has 0 fully saturated rings. The third-order valence-electron chi connectivity index (χ3n) is 3.36. The second kappa shape index (κ2) is 10.9. The number of methoxy groups -OCH3 is 1. The van der Waals surface area contributed by atoms with Gasteiger partial charge in [-0.3, -0.25) is 0 Å². The van der Waals surface area contributed by atoms with Crippen LogP contribution >= 0.6 is 15.9 Å². The largest absolute Gasteiger partial charge is 0.493 e. The van der Waals surface area contributed by atoms with Crippen LogP contribution in [0.15, 0.2) is 16.6 Å². The Bertz CT molecular complexity index is 410. The van der Waals surface area contributed by atoms with Gasteiger partial charge in [-0.2, -0.15) is 0 Å². The van der Waals surface area contributed by atoms with Crippen molar-refractivity contribution in [2.75, 3.05) is 20.3 Å². The van der Waals surface area contributed by atoms with Crippen molar-refractivity contribution in [3.63, 3.8) is 0 Å². The zero-order valence-electron chi connectivity index (χ0n) is 13.5. The molecule has 0 unspecified atom stereocenters. The minimum atomic E-state index is 0.741. The average Bonchev–Trinajstić information content (AvgIpc) is 2.49. The predicted molar refractivity (Wildman–Crippen MR) is 92.3 cm³/mol.